The SMILES string of the molecule is Nc1ccc(Cl)nc1NCc1cccc2cccnc12. The van der Waals surface area contributed by atoms with Crippen molar-refractivity contribution in [2.75, 3.05) is 11.1 Å². The van der Waals surface area contributed by atoms with Crippen LogP contribution in [0.5, 0.6) is 0 Å². The Kier molecular flexibility index (Phi) is 3.39. The third kappa shape index (κ3) is 2.51. The van der Waals surface area contributed by atoms with Gasteiger partial charge >= 0.3 is 0 Å². The first-order chi connectivity index (χ1) is 9.74. The summed E-state index contributed by atoms with van der Waals surface area (Å²) in [5, 5.41) is 4.73. The Morgan fingerprint density at radius 3 is 2.85 bits per heavy atom. The molecule has 0 atom stereocenters. The zero-order valence-electron chi connectivity index (χ0n) is 10.7. The molecular weight excluding hydrogens is 272 g/mol. The summed E-state index contributed by atoms with van der Waals surface area (Å²) in [5.41, 5.74) is 8.50. The van der Waals surface area contributed by atoms with Gasteiger partial charge in [0, 0.05) is 18.1 Å². The van der Waals surface area contributed by atoms with E-state index in [1.807, 2.05) is 30.3 Å². The molecule has 2 aromatic heterocycles. The molecule has 5 heteroatoms. The minimum Gasteiger partial charge on any atom is -0.396 e. The average Bonchev–Trinajstić information content (AvgIpc) is 2.48. The van der Waals surface area contributed by atoms with Gasteiger partial charge in [0.05, 0.1) is 11.2 Å². The van der Waals surface area contributed by atoms with Crippen LogP contribution in [-0.2, 0) is 6.54 Å². The molecule has 0 fully saturated rings. The lowest BCUT2D eigenvalue weighted by atomic mass is 10.1. The zero-order valence-corrected chi connectivity index (χ0v) is 11.4. The first kappa shape index (κ1) is 12.7. The van der Waals surface area contributed by atoms with Crippen LogP contribution in [0.2, 0.25) is 5.15 Å². The van der Waals surface area contributed by atoms with E-state index in [1.54, 1.807) is 18.3 Å². The van der Waals surface area contributed by atoms with E-state index in [0.29, 0.717) is 23.2 Å². The molecular formula is C15H13ClN4. The Morgan fingerprint density at radius 1 is 1.10 bits per heavy atom. The van der Waals surface area contributed by atoms with Crippen molar-refractivity contribution < 1.29 is 0 Å². The second kappa shape index (κ2) is 5.35. The van der Waals surface area contributed by atoms with Crippen LogP contribution in [0.1, 0.15) is 5.56 Å². The zero-order chi connectivity index (χ0) is 13.9. The van der Waals surface area contributed by atoms with Gasteiger partial charge in [0.15, 0.2) is 5.82 Å². The lowest BCUT2D eigenvalue weighted by molar-refractivity contribution is 1.12. The molecule has 4 nitrogen and oxygen atoms in total. The van der Waals surface area contributed by atoms with Gasteiger partial charge in [0.2, 0.25) is 0 Å². The van der Waals surface area contributed by atoms with Crippen molar-refractivity contribution in [3.05, 3.63) is 59.4 Å². The van der Waals surface area contributed by atoms with Crippen LogP contribution < -0.4 is 11.1 Å². The molecule has 0 aliphatic carbocycles. The van der Waals surface area contributed by atoms with Gasteiger partial charge in [-0.1, -0.05) is 35.9 Å². The number of nitrogen functional groups attached to an aromatic ring is 1. The molecule has 0 spiro atoms. The van der Waals surface area contributed by atoms with Crippen LogP contribution in [0.3, 0.4) is 0 Å². The normalized spacial score (nSPS) is 10.7. The maximum absolute atomic E-state index is 5.87. The first-order valence-corrected chi connectivity index (χ1v) is 6.60. The van der Waals surface area contributed by atoms with Crippen LogP contribution in [0.4, 0.5) is 11.5 Å². The van der Waals surface area contributed by atoms with E-state index in [2.05, 4.69) is 15.3 Å². The lowest BCUT2D eigenvalue weighted by Gasteiger charge is -2.10. The summed E-state index contributed by atoms with van der Waals surface area (Å²) in [6.45, 7) is 0.589. The molecule has 2 heterocycles. The molecule has 0 aliphatic rings. The van der Waals surface area contributed by atoms with Crippen LogP contribution in [-0.4, -0.2) is 9.97 Å². The second-order valence-corrected chi connectivity index (χ2v) is 4.80. The maximum atomic E-state index is 5.87. The minimum atomic E-state index is 0.415. The predicted octanol–water partition coefficient (Wildman–Crippen LogP) is 3.48. The molecule has 0 amide bonds. The van der Waals surface area contributed by atoms with Gasteiger partial charge < -0.3 is 11.1 Å². The van der Waals surface area contributed by atoms with Crippen molar-refractivity contribution in [1.29, 1.82) is 0 Å². The number of anilines is 2. The molecule has 0 unspecified atom stereocenters. The summed E-state index contributed by atoms with van der Waals surface area (Å²) in [6.07, 6.45) is 1.79. The van der Waals surface area contributed by atoms with Crippen molar-refractivity contribution in [2.45, 2.75) is 6.54 Å². The number of nitrogens with two attached hydrogens (primary N) is 1. The third-order valence-corrected chi connectivity index (χ3v) is 3.27. The van der Waals surface area contributed by atoms with Gasteiger partial charge in [0.1, 0.15) is 5.15 Å². The monoisotopic (exact) mass is 284 g/mol. The number of aromatic nitrogens is 2. The third-order valence-electron chi connectivity index (χ3n) is 3.06. The molecule has 1 aromatic carbocycles. The fraction of sp³-hybridized carbons (Fsp3) is 0.0667. The summed E-state index contributed by atoms with van der Waals surface area (Å²) in [5.74, 6) is 0.588. The average molecular weight is 285 g/mol. The Hall–Kier alpha value is -2.33. The van der Waals surface area contributed by atoms with E-state index in [-0.39, 0.29) is 0 Å². The largest absolute Gasteiger partial charge is 0.396 e. The molecule has 0 saturated heterocycles. The van der Waals surface area contributed by atoms with E-state index in [1.165, 1.54) is 0 Å². The highest BCUT2D eigenvalue weighted by Crippen LogP contribution is 2.21. The van der Waals surface area contributed by atoms with E-state index in [4.69, 9.17) is 17.3 Å². The molecule has 3 aromatic rings. The molecule has 20 heavy (non-hydrogen) atoms. The highest BCUT2D eigenvalue weighted by Gasteiger charge is 2.05. The molecule has 0 bridgehead atoms. The number of halogens is 1. The van der Waals surface area contributed by atoms with Gasteiger partial charge in [-0.15, -0.1) is 0 Å². The smallest absolute Gasteiger partial charge is 0.151 e. The molecule has 0 radical (unpaired) electrons. The van der Waals surface area contributed by atoms with Gasteiger partial charge in [-0.3, -0.25) is 4.98 Å². The lowest BCUT2D eigenvalue weighted by Crippen LogP contribution is -2.05. The number of rotatable bonds is 3. The molecule has 3 N–H and O–H groups in total. The predicted molar refractivity (Wildman–Crippen MR) is 82.7 cm³/mol. The second-order valence-electron chi connectivity index (χ2n) is 4.42. The Balaban J connectivity index is 1.89. The van der Waals surface area contributed by atoms with Crippen LogP contribution in [0, 0.1) is 0 Å². The highest BCUT2D eigenvalue weighted by molar-refractivity contribution is 6.29. The Labute approximate surface area is 121 Å². The topological polar surface area (TPSA) is 63.8 Å². The molecule has 100 valence electrons. The standard InChI is InChI=1S/C15H13ClN4/c16-13-7-6-12(17)15(20-13)19-9-11-4-1-3-10-5-2-8-18-14(10)11/h1-8H,9,17H2,(H,19,20). The molecule has 0 saturated carbocycles. The number of hydrogen-bond acceptors (Lipinski definition) is 4. The van der Waals surface area contributed by atoms with E-state index in [0.717, 1.165) is 16.5 Å². The quantitative estimate of drug-likeness (QED) is 0.723. The van der Waals surface area contributed by atoms with Crippen molar-refractivity contribution in [3.63, 3.8) is 0 Å². The van der Waals surface area contributed by atoms with Crippen molar-refractivity contribution in [3.8, 4) is 0 Å². The van der Waals surface area contributed by atoms with Gasteiger partial charge in [-0.05, 0) is 23.8 Å². The number of hydrogen-bond donors (Lipinski definition) is 2. The summed E-state index contributed by atoms with van der Waals surface area (Å²) in [7, 11) is 0. The van der Waals surface area contributed by atoms with Crippen LogP contribution in [0.15, 0.2) is 48.7 Å². The highest BCUT2D eigenvalue weighted by atomic mass is 35.5. The number of nitrogens with zero attached hydrogens (tertiary/aromatic N) is 2. The number of benzene rings is 1. The molecule has 0 aliphatic heterocycles. The fourth-order valence-electron chi connectivity index (χ4n) is 2.08. The number of fused-ring (bicyclic) bond motifs is 1. The fourth-order valence-corrected chi connectivity index (χ4v) is 2.22. The summed E-state index contributed by atoms with van der Waals surface area (Å²) < 4.78 is 0. The van der Waals surface area contributed by atoms with Gasteiger partial charge in [0.25, 0.3) is 0 Å². The van der Waals surface area contributed by atoms with E-state index >= 15 is 0 Å². The Bertz CT molecular complexity index is 752. The van der Waals surface area contributed by atoms with E-state index in [9.17, 15) is 0 Å². The summed E-state index contributed by atoms with van der Waals surface area (Å²) in [6, 6.07) is 13.4. The molecule has 3 rings (SSSR count). The minimum absolute atomic E-state index is 0.415. The van der Waals surface area contributed by atoms with E-state index < -0.39 is 0 Å². The number of nitrogens with one attached hydrogen (secondary N) is 1. The van der Waals surface area contributed by atoms with Gasteiger partial charge in [-0.2, -0.15) is 0 Å². The van der Waals surface area contributed by atoms with Crippen LogP contribution >= 0.6 is 11.6 Å². The Morgan fingerprint density at radius 2 is 1.95 bits per heavy atom. The van der Waals surface area contributed by atoms with Gasteiger partial charge in [-0.25, -0.2) is 4.98 Å². The van der Waals surface area contributed by atoms with Crippen molar-refractivity contribution >= 4 is 34.0 Å². The van der Waals surface area contributed by atoms with Crippen molar-refractivity contribution in [1.82, 2.24) is 9.97 Å². The summed E-state index contributed by atoms with van der Waals surface area (Å²) >= 11 is 5.87. The van der Waals surface area contributed by atoms with Crippen LogP contribution in [0.25, 0.3) is 10.9 Å². The van der Waals surface area contributed by atoms with Crippen molar-refractivity contribution in [2.24, 2.45) is 0 Å². The number of para-hydroxylation sites is 1. The maximum Gasteiger partial charge on any atom is 0.151 e. The number of pyridine rings is 2. The summed E-state index contributed by atoms with van der Waals surface area (Å²) in [4.78, 5) is 8.59. The first-order valence-electron chi connectivity index (χ1n) is 6.22.